The van der Waals surface area contributed by atoms with Gasteiger partial charge in [0, 0.05) is 0 Å². The van der Waals surface area contributed by atoms with E-state index in [9.17, 15) is 0 Å². The van der Waals surface area contributed by atoms with E-state index in [1.165, 1.54) is 65.0 Å². The molecule has 0 saturated heterocycles. The summed E-state index contributed by atoms with van der Waals surface area (Å²) in [5.74, 6) is 0. The molecule has 0 nitrogen and oxygen atoms in total. The van der Waals surface area contributed by atoms with Crippen molar-refractivity contribution in [3.63, 3.8) is 0 Å². The van der Waals surface area contributed by atoms with Crippen molar-refractivity contribution in [3.05, 3.63) is 145 Å². The van der Waals surface area contributed by atoms with Gasteiger partial charge < -0.3 is 0 Å². The minimum absolute atomic E-state index is 1.14. The van der Waals surface area contributed by atoms with Crippen molar-refractivity contribution >= 4 is 53.9 Å². The Kier molecular flexibility index (Phi) is 6.63. The Morgan fingerprint density at radius 1 is 0.316 bits per heavy atom. The highest BCUT2D eigenvalue weighted by Gasteiger charge is 2.15. The van der Waals surface area contributed by atoms with E-state index in [1.54, 1.807) is 0 Å². The van der Waals surface area contributed by atoms with Gasteiger partial charge in [0.25, 0.3) is 0 Å². The van der Waals surface area contributed by atoms with E-state index in [-0.39, 0.29) is 0 Å². The summed E-state index contributed by atoms with van der Waals surface area (Å²) >= 11 is 0. The first-order valence-corrected chi connectivity index (χ1v) is 13.7. The fourth-order valence-corrected chi connectivity index (χ4v) is 5.66. The first-order valence-electron chi connectivity index (χ1n) is 13.7. The number of fused-ring (bicyclic) bond motifs is 1. The minimum atomic E-state index is 1.14. The summed E-state index contributed by atoms with van der Waals surface area (Å²) < 4.78 is 0. The topological polar surface area (TPSA) is 0 Å². The van der Waals surface area contributed by atoms with Gasteiger partial charge in [-0.1, -0.05) is 147 Å². The highest BCUT2D eigenvalue weighted by Crippen LogP contribution is 2.44. The van der Waals surface area contributed by atoms with E-state index in [2.05, 4.69) is 135 Å². The van der Waals surface area contributed by atoms with E-state index in [1.807, 2.05) is 12.1 Å². The molecule has 184 valence electrons. The van der Waals surface area contributed by atoms with Gasteiger partial charge in [0.1, 0.15) is 0 Å². The molecule has 8 rings (SSSR count). The predicted molar refractivity (Wildman–Crippen MR) is 168 cm³/mol. The van der Waals surface area contributed by atoms with Gasteiger partial charge in [-0.3, -0.25) is 0 Å². The van der Waals surface area contributed by atoms with Crippen LogP contribution in [0.5, 0.6) is 0 Å². The van der Waals surface area contributed by atoms with E-state index in [0.29, 0.717) is 0 Å². The van der Waals surface area contributed by atoms with E-state index >= 15 is 0 Å². The van der Waals surface area contributed by atoms with Crippen LogP contribution in [0.2, 0.25) is 0 Å². The zero-order chi connectivity index (χ0) is 25.9. The maximum atomic E-state index is 2.27. The fraction of sp³-hybridized carbons (Fsp3) is 0.105. The lowest BCUT2D eigenvalue weighted by atomic mass is 9.86. The van der Waals surface area contributed by atoms with Crippen LogP contribution in [0.25, 0.3) is 53.9 Å². The van der Waals surface area contributed by atoms with Gasteiger partial charge in [0.2, 0.25) is 0 Å². The molecule has 0 atom stereocenters. The molecule has 38 heavy (non-hydrogen) atoms. The van der Waals surface area contributed by atoms with Gasteiger partial charge >= 0.3 is 0 Å². The lowest BCUT2D eigenvalue weighted by Crippen LogP contribution is -1.89. The van der Waals surface area contributed by atoms with Crippen LogP contribution < -0.4 is 0 Å². The van der Waals surface area contributed by atoms with Crippen LogP contribution in [-0.4, -0.2) is 0 Å². The van der Waals surface area contributed by atoms with E-state index < -0.39 is 0 Å². The third-order valence-corrected chi connectivity index (χ3v) is 7.64. The number of hydrogen-bond acceptors (Lipinski definition) is 0. The smallest absolute Gasteiger partial charge is 0.00141 e. The number of aryl methyl sites for hydroxylation is 2. The van der Waals surface area contributed by atoms with Crippen molar-refractivity contribution in [2.24, 2.45) is 0 Å². The summed E-state index contributed by atoms with van der Waals surface area (Å²) in [5, 5.41) is 13.8. The Morgan fingerprint density at radius 2 is 0.658 bits per heavy atom. The Hall–Kier alpha value is -4.42. The van der Waals surface area contributed by atoms with E-state index in [0.717, 1.165) is 12.8 Å². The average Bonchev–Trinajstić information content (AvgIpc) is 3.01. The lowest BCUT2D eigenvalue weighted by Gasteiger charge is -2.17. The Balaban J connectivity index is 0.000000136. The maximum Gasteiger partial charge on any atom is -0.00141 e. The molecule has 8 aromatic rings. The average molecular weight is 489 g/mol. The van der Waals surface area contributed by atoms with Crippen LogP contribution in [-0.2, 0) is 12.8 Å². The fourth-order valence-electron chi connectivity index (χ4n) is 5.66. The molecule has 0 aliphatic carbocycles. The molecule has 0 N–H and O–H groups in total. The number of hydrogen-bond donors (Lipinski definition) is 0. The molecule has 0 spiro atoms. The number of benzene rings is 8. The molecule has 0 radical (unpaired) electrons. The standard InChI is InChI=1S/C22H12.2C8H10/c1-3-13-7-9-15-11-12-16-10-8-14-4-2-6-18-17(5-1)19(13)21(15)22(16)20(14)18;2*1-2-8-6-4-3-5-7-8/h1-12H;2*3-7H,2H2,1H3. The summed E-state index contributed by atoms with van der Waals surface area (Å²) in [5.41, 5.74) is 2.82. The first kappa shape index (κ1) is 23.9. The Morgan fingerprint density at radius 3 is 0.974 bits per heavy atom. The molecule has 0 unspecified atom stereocenters. The highest BCUT2D eigenvalue weighted by molar-refractivity contribution is 6.39. The molecular formula is C38H32. The quantitative estimate of drug-likeness (QED) is 0.168. The number of rotatable bonds is 2. The molecule has 0 bridgehead atoms. The Labute approximate surface area is 224 Å². The van der Waals surface area contributed by atoms with Crippen molar-refractivity contribution in [2.75, 3.05) is 0 Å². The van der Waals surface area contributed by atoms with Gasteiger partial charge in [0.05, 0.1) is 0 Å². The van der Waals surface area contributed by atoms with E-state index in [4.69, 9.17) is 0 Å². The molecule has 0 aliphatic heterocycles. The minimum Gasteiger partial charge on any atom is -0.0622 e. The van der Waals surface area contributed by atoms with Crippen molar-refractivity contribution < 1.29 is 0 Å². The van der Waals surface area contributed by atoms with Crippen LogP contribution >= 0.6 is 0 Å². The molecular weight excluding hydrogens is 456 g/mol. The maximum absolute atomic E-state index is 2.27. The molecule has 0 saturated carbocycles. The van der Waals surface area contributed by atoms with Gasteiger partial charge in [-0.2, -0.15) is 0 Å². The lowest BCUT2D eigenvalue weighted by molar-refractivity contribution is 1.14. The van der Waals surface area contributed by atoms with Crippen LogP contribution in [0.15, 0.2) is 133 Å². The van der Waals surface area contributed by atoms with Crippen molar-refractivity contribution in [3.8, 4) is 0 Å². The van der Waals surface area contributed by atoms with Crippen LogP contribution in [0.4, 0.5) is 0 Å². The van der Waals surface area contributed by atoms with Crippen LogP contribution in [0.3, 0.4) is 0 Å². The summed E-state index contributed by atoms with van der Waals surface area (Å²) in [6.45, 7) is 4.32. The molecule has 8 aromatic carbocycles. The highest BCUT2D eigenvalue weighted by atomic mass is 14.2. The molecule has 0 aromatic heterocycles. The molecule has 0 heteroatoms. The summed E-state index contributed by atoms with van der Waals surface area (Å²) in [4.78, 5) is 0. The SMILES string of the molecule is CCc1ccccc1.CCc1ccccc1.c1cc2ccc3ccc4ccc5cccc6c(c1)c2c3c4c56. The molecule has 0 heterocycles. The normalized spacial score (nSPS) is 11.1. The van der Waals surface area contributed by atoms with Crippen molar-refractivity contribution in [1.29, 1.82) is 0 Å². The third kappa shape index (κ3) is 4.33. The second-order valence-electron chi connectivity index (χ2n) is 9.88. The van der Waals surface area contributed by atoms with Crippen LogP contribution in [0.1, 0.15) is 25.0 Å². The zero-order valence-electron chi connectivity index (χ0n) is 22.1. The third-order valence-electron chi connectivity index (χ3n) is 7.64. The second kappa shape index (κ2) is 10.5. The van der Waals surface area contributed by atoms with Gasteiger partial charge in [-0.15, -0.1) is 0 Å². The van der Waals surface area contributed by atoms with Crippen molar-refractivity contribution in [2.45, 2.75) is 26.7 Å². The first-order chi connectivity index (χ1) is 18.8. The molecule has 0 amide bonds. The second-order valence-corrected chi connectivity index (χ2v) is 9.88. The predicted octanol–water partition coefficient (Wildman–Crippen LogP) is 10.8. The Bertz CT molecular complexity index is 1760. The van der Waals surface area contributed by atoms with Gasteiger partial charge in [0.15, 0.2) is 0 Å². The van der Waals surface area contributed by atoms with Gasteiger partial charge in [-0.25, -0.2) is 0 Å². The van der Waals surface area contributed by atoms with Gasteiger partial charge in [-0.05, 0) is 77.8 Å². The summed E-state index contributed by atoms with van der Waals surface area (Å²) in [7, 11) is 0. The summed E-state index contributed by atoms with van der Waals surface area (Å²) in [6, 6.07) is 47.8. The summed E-state index contributed by atoms with van der Waals surface area (Å²) in [6.07, 6.45) is 2.28. The molecule has 0 fully saturated rings. The van der Waals surface area contributed by atoms with Crippen molar-refractivity contribution in [1.82, 2.24) is 0 Å². The van der Waals surface area contributed by atoms with Crippen LogP contribution in [0, 0.1) is 0 Å². The zero-order valence-corrected chi connectivity index (χ0v) is 22.1. The largest absolute Gasteiger partial charge is 0.0622 e. The molecule has 0 aliphatic rings. The monoisotopic (exact) mass is 488 g/mol.